The minimum Gasteiger partial charge on any atom is -0.456 e. The summed E-state index contributed by atoms with van der Waals surface area (Å²) in [4.78, 5) is 2.43. The summed E-state index contributed by atoms with van der Waals surface area (Å²) in [6.07, 6.45) is 0. The molecule has 2 heterocycles. The molecule has 0 fully saturated rings. The molecule has 70 heavy (non-hydrogen) atoms. The van der Waals surface area contributed by atoms with Gasteiger partial charge in [0.2, 0.25) is 0 Å². The lowest BCUT2D eigenvalue weighted by atomic mass is 9.81. The number of fused-ring (bicyclic) bond motifs is 9. The topological polar surface area (TPSA) is 16.4 Å². The van der Waals surface area contributed by atoms with Crippen LogP contribution in [0.2, 0.25) is 0 Å². The Labute approximate surface area is 413 Å². The van der Waals surface area contributed by atoms with E-state index in [0.717, 1.165) is 50.1 Å². The Morgan fingerprint density at radius 1 is 0.400 bits per heavy atom. The first-order valence-electron chi connectivity index (χ1n) is 24.4. The molecule has 2 aromatic heterocycles. The quantitative estimate of drug-likeness (QED) is 0.158. The molecule has 12 aromatic rings. The second kappa shape index (κ2) is 16.1. The Kier molecular flexibility index (Phi) is 9.67. The summed E-state index contributed by atoms with van der Waals surface area (Å²) in [6, 6.07) is 80.8. The van der Waals surface area contributed by atoms with Crippen molar-refractivity contribution in [1.82, 2.24) is 0 Å². The van der Waals surface area contributed by atoms with E-state index in [1.54, 1.807) is 0 Å². The zero-order valence-corrected chi connectivity index (χ0v) is 40.9. The summed E-state index contributed by atoms with van der Waals surface area (Å²) >= 11 is 1.86. The van der Waals surface area contributed by atoms with E-state index in [4.69, 9.17) is 4.42 Å². The maximum absolute atomic E-state index is 6.31. The van der Waals surface area contributed by atoms with Crippen LogP contribution >= 0.6 is 11.3 Å². The first-order valence-corrected chi connectivity index (χ1v) is 25.2. The predicted octanol–water partition coefficient (Wildman–Crippen LogP) is 19.7. The summed E-state index contributed by atoms with van der Waals surface area (Å²) in [5, 5.41) is 4.90. The van der Waals surface area contributed by atoms with Crippen LogP contribution in [0.5, 0.6) is 0 Å². The zero-order valence-electron chi connectivity index (χ0n) is 40.0. The molecule has 0 aliphatic heterocycles. The number of hydrogen-bond donors (Lipinski definition) is 0. The number of anilines is 3. The molecule has 0 atom stereocenters. The van der Waals surface area contributed by atoms with Crippen LogP contribution < -0.4 is 4.90 Å². The third-order valence-electron chi connectivity index (χ3n) is 14.9. The molecule has 1 aliphatic carbocycles. The van der Waals surface area contributed by atoms with Gasteiger partial charge in [-0.3, -0.25) is 0 Å². The van der Waals surface area contributed by atoms with Crippen LogP contribution in [0.3, 0.4) is 0 Å². The summed E-state index contributed by atoms with van der Waals surface area (Å²) in [5.41, 5.74) is 21.3. The number of rotatable bonds is 7. The van der Waals surface area contributed by atoms with Crippen LogP contribution in [-0.2, 0) is 10.8 Å². The van der Waals surface area contributed by atoms with Gasteiger partial charge in [-0.1, -0.05) is 180 Å². The van der Waals surface area contributed by atoms with Crippen LogP contribution in [0, 0.1) is 0 Å². The molecule has 3 heteroatoms. The van der Waals surface area contributed by atoms with Gasteiger partial charge in [-0.25, -0.2) is 0 Å². The monoisotopic (exact) mass is 917 g/mol. The lowest BCUT2D eigenvalue weighted by Gasteiger charge is -2.28. The molecule has 0 spiro atoms. The van der Waals surface area contributed by atoms with Crippen molar-refractivity contribution in [3.8, 4) is 55.6 Å². The molecule has 0 bridgehead atoms. The molecule has 2 nitrogen and oxygen atoms in total. The minimum atomic E-state index is -0.145. The SMILES string of the molecule is CC(C)(C)c1ccc(-c2ccc3c(c2)C(C)(C)c2ccc(-c4ccccc4N(c4ccc(-c5ccc6sc7ccccc7c6c5)cc4)c4ccc(-c5cccc6oc7ccccc7c56)cc4)cc2-3)cc1. The minimum absolute atomic E-state index is 0.117. The Morgan fingerprint density at radius 2 is 0.986 bits per heavy atom. The highest BCUT2D eigenvalue weighted by molar-refractivity contribution is 7.25. The Morgan fingerprint density at radius 3 is 1.76 bits per heavy atom. The van der Waals surface area contributed by atoms with Crippen molar-refractivity contribution in [2.24, 2.45) is 0 Å². The van der Waals surface area contributed by atoms with Crippen molar-refractivity contribution < 1.29 is 4.42 Å². The number of furan rings is 1. The van der Waals surface area contributed by atoms with Gasteiger partial charge in [-0.2, -0.15) is 0 Å². The predicted molar refractivity (Wildman–Crippen MR) is 299 cm³/mol. The standard InChI is InChI=1S/C67H51NOS/c1-66(2,3)48-30-21-42(22-31-48)46-27-36-53-56-40-47(28-37-58(56)67(4,5)59(53)41-46)51-13-6-9-17-60(51)68(49-32-23-43(24-33-49)45-29-38-64-57(39-45)54-14-8-11-20-63(54)70-64)50-34-25-44(26-35-50)52-16-12-19-62-65(52)55-15-7-10-18-61(55)69-62/h6-41H,1-5H3. The average molecular weight is 918 g/mol. The van der Waals surface area contributed by atoms with E-state index >= 15 is 0 Å². The van der Waals surface area contributed by atoms with Gasteiger partial charge in [0.15, 0.2) is 0 Å². The highest BCUT2D eigenvalue weighted by Crippen LogP contribution is 2.52. The van der Waals surface area contributed by atoms with Crippen LogP contribution in [0.4, 0.5) is 17.1 Å². The third-order valence-corrected chi connectivity index (χ3v) is 16.0. The van der Waals surface area contributed by atoms with Gasteiger partial charge < -0.3 is 9.32 Å². The van der Waals surface area contributed by atoms with Gasteiger partial charge in [-0.15, -0.1) is 11.3 Å². The first-order chi connectivity index (χ1) is 34.1. The highest BCUT2D eigenvalue weighted by atomic mass is 32.1. The fourth-order valence-corrected chi connectivity index (χ4v) is 12.2. The summed E-state index contributed by atoms with van der Waals surface area (Å²) < 4.78 is 8.95. The van der Waals surface area contributed by atoms with Crippen molar-refractivity contribution in [2.45, 2.75) is 45.4 Å². The van der Waals surface area contributed by atoms with Crippen LogP contribution in [0.15, 0.2) is 223 Å². The number of nitrogens with zero attached hydrogens (tertiary/aromatic N) is 1. The molecule has 0 radical (unpaired) electrons. The highest BCUT2D eigenvalue weighted by Gasteiger charge is 2.36. The Hall–Kier alpha value is -7.98. The maximum atomic E-state index is 6.31. The Bertz CT molecular complexity index is 3990. The van der Waals surface area contributed by atoms with Gasteiger partial charge in [0.25, 0.3) is 0 Å². The number of thiophene rings is 1. The van der Waals surface area contributed by atoms with Gasteiger partial charge >= 0.3 is 0 Å². The van der Waals surface area contributed by atoms with E-state index in [1.807, 2.05) is 17.4 Å². The largest absolute Gasteiger partial charge is 0.456 e. The second-order valence-electron chi connectivity index (χ2n) is 20.5. The Balaban J connectivity index is 0.915. The normalized spacial score (nSPS) is 13.0. The van der Waals surface area contributed by atoms with Gasteiger partial charge in [0.1, 0.15) is 11.2 Å². The molecule has 0 amide bonds. The van der Waals surface area contributed by atoms with Crippen LogP contribution in [0.1, 0.15) is 51.3 Å². The van der Waals surface area contributed by atoms with Crippen LogP contribution in [-0.4, -0.2) is 0 Å². The molecule has 10 aromatic carbocycles. The first kappa shape index (κ1) is 42.1. The van der Waals surface area contributed by atoms with Crippen molar-refractivity contribution in [2.75, 3.05) is 4.90 Å². The molecular formula is C67H51NOS. The number of hydrogen-bond acceptors (Lipinski definition) is 3. The lowest BCUT2D eigenvalue weighted by molar-refractivity contribution is 0.590. The van der Waals surface area contributed by atoms with Crippen molar-refractivity contribution >= 4 is 70.5 Å². The molecule has 0 saturated carbocycles. The fraction of sp³-hybridized carbons (Fsp3) is 0.104. The van der Waals surface area contributed by atoms with E-state index in [9.17, 15) is 0 Å². The van der Waals surface area contributed by atoms with E-state index in [2.05, 4.69) is 252 Å². The molecule has 1 aliphatic rings. The molecule has 0 N–H and O–H groups in total. The average Bonchev–Trinajstić information content (AvgIpc) is 4.04. The van der Waals surface area contributed by atoms with Gasteiger partial charge in [-0.05, 0) is 145 Å². The maximum Gasteiger partial charge on any atom is 0.136 e. The lowest BCUT2D eigenvalue weighted by Crippen LogP contribution is -2.15. The fourth-order valence-electron chi connectivity index (χ4n) is 11.1. The number of para-hydroxylation sites is 2. The van der Waals surface area contributed by atoms with Crippen molar-refractivity contribution in [3.63, 3.8) is 0 Å². The summed E-state index contributed by atoms with van der Waals surface area (Å²) in [5.74, 6) is 0. The molecule has 0 unspecified atom stereocenters. The zero-order chi connectivity index (χ0) is 47.3. The summed E-state index contributed by atoms with van der Waals surface area (Å²) in [6.45, 7) is 11.6. The third kappa shape index (κ3) is 6.90. The van der Waals surface area contributed by atoms with Crippen molar-refractivity contribution in [3.05, 3.63) is 235 Å². The van der Waals surface area contributed by atoms with Gasteiger partial charge in [0.05, 0.1) is 5.69 Å². The van der Waals surface area contributed by atoms with E-state index in [-0.39, 0.29) is 10.8 Å². The molecule has 336 valence electrons. The second-order valence-corrected chi connectivity index (χ2v) is 21.6. The molecule has 13 rings (SSSR count). The van der Waals surface area contributed by atoms with E-state index < -0.39 is 0 Å². The van der Waals surface area contributed by atoms with Crippen LogP contribution in [0.25, 0.3) is 97.7 Å². The molecular weight excluding hydrogens is 867 g/mol. The smallest absolute Gasteiger partial charge is 0.136 e. The number of benzene rings is 10. The molecule has 0 saturated heterocycles. The van der Waals surface area contributed by atoms with Crippen molar-refractivity contribution in [1.29, 1.82) is 0 Å². The summed E-state index contributed by atoms with van der Waals surface area (Å²) in [7, 11) is 0. The van der Waals surface area contributed by atoms with Gasteiger partial charge in [0, 0.05) is 53.3 Å². The van der Waals surface area contributed by atoms with E-state index in [0.29, 0.717) is 0 Å². The van der Waals surface area contributed by atoms with E-state index in [1.165, 1.54) is 81.4 Å².